The number of halogens is 1. The molecule has 18 heavy (non-hydrogen) atoms. The van der Waals surface area contributed by atoms with Gasteiger partial charge in [0.2, 0.25) is 5.88 Å². The van der Waals surface area contributed by atoms with Crippen molar-refractivity contribution in [2.75, 3.05) is 0 Å². The SMILES string of the molecule is CCCc1nc(Br)cc(OC2CCCC(C)C2)n1. The van der Waals surface area contributed by atoms with E-state index in [1.807, 2.05) is 6.07 Å². The highest BCUT2D eigenvalue weighted by Crippen LogP contribution is 2.27. The van der Waals surface area contributed by atoms with E-state index in [9.17, 15) is 0 Å². The molecule has 0 saturated heterocycles. The molecule has 1 saturated carbocycles. The first-order valence-corrected chi connectivity index (χ1v) is 7.66. The highest BCUT2D eigenvalue weighted by molar-refractivity contribution is 9.10. The summed E-state index contributed by atoms with van der Waals surface area (Å²) in [5.74, 6) is 2.36. The first kappa shape index (κ1) is 13.8. The summed E-state index contributed by atoms with van der Waals surface area (Å²) in [6, 6.07) is 1.87. The molecule has 0 N–H and O–H groups in total. The summed E-state index contributed by atoms with van der Waals surface area (Å²) in [5, 5.41) is 0. The lowest BCUT2D eigenvalue weighted by Crippen LogP contribution is -2.24. The molecule has 4 heteroatoms. The fourth-order valence-electron chi connectivity index (χ4n) is 2.49. The second-order valence-corrected chi connectivity index (χ2v) is 6.02. The smallest absolute Gasteiger partial charge is 0.217 e. The Labute approximate surface area is 117 Å². The topological polar surface area (TPSA) is 35.0 Å². The van der Waals surface area contributed by atoms with Crippen LogP contribution in [-0.2, 0) is 6.42 Å². The van der Waals surface area contributed by atoms with Crippen LogP contribution in [0.2, 0.25) is 0 Å². The number of rotatable bonds is 4. The van der Waals surface area contributed by atoms with Gasteiger partial charge in [-0.2, -0.15) is 4.98 Å². The van der Waals surface area contributed by atoms with Gasteiger partial charge < -0.3 is 4.74 Å². The molecule has 2 atom stereocenters. The van der Waals surface area contributed by atoms with Crippen molar-refractivity contribution in [1.29, 1.82) is 0 Å². The van der Waals surface area contributed by atoms with Crippen LogP contribution in [0.1, 0.15) is 51.8 Å². The van der Waals surface area contributed by atoms with E-state index in [1.54, 1.807) is 0 Å². The lowest BCUT2D eigenvalue weighted by atomic mass is 9.89. The quantitative estimate of drug-likeness (QED) is 0.783. The Bertz CT molecular complexity index is 397. The number of ether oxygens (including phenoxy) is 1. The third kappa shape index (κ3) is 3.94. The number of hydrogen-bond donors (Lipinski definition) is 0. The molecule has 1 aliphatic rings. The van der Waals surface area contributed by atoms with Crippen molar-refractivity contribution < 1.29 is 4.74 Å². The first-order chi connectivity index (χ1) is 8.67. The summed E-state index contributed by atoms with van der Waals surface area (Å²) in [6.45, 7) is 4.43. The van der Waals surface area contributed by atoms with Gasteiger partial charge in [0.15, 0.2) is 0 Å². The van der Waals surface area contributed by atoms with Gasteiger partial charge in [0.1, 0.15) is 16.5 Å². The van der Waals surface area contributed by atoms with Crippen LogP contribution in [-0.4, -0.2) is 16.1 Å². The zero-order valence-electron chi connectivity index (χ0n) is 11.2. The van der Waals surface area contributed by atoms with Crippen LogP contribution >= 0.6 is 15.9 Å². The van der Waals surface area contributed by atoms with Crippen LogP contribution in [0.3, 0.4) is 0 Å². The zero-order valence-corrected chi connectivity index (χ0v) is 12.7. The van der Waals surface area contributed by atoms with Crippen molar-refractivity contribution in [3.8, 4) is 5.88 Å². The van der Waals surface area contributed by atoms with E-state index in [0.717, 1.165) is 47.9 Å². The van der Waals surface area contributed by atoms with Crippen molar-refractivity contribution in [1.82, 2.24) is 9.97 Å². The van der Waals surface area contributed by atoms with Gasteiger partial charge in [-0.3, -0.25) is 0 Å². The third-order valence-electron chi connectivity index (χ3n) is 3.37. The molecule has 1 aromatic heterocycles. The zero-order chi connectivity index (χ0) is 13.0. The summed E-state index contributed by atoms with van der Waals surface area (Å²) < 4.78 is 6.83. The lowest BCUT2D eigenvalue weighted by molar-refractivity contribution is 0.123. The van der Waals surface area contributed by atoms with Gasteiger partial charge in [-0.05, 0) is 47.5 Å². The number of hydrogen-bond acceptors (Lipinski definition) is 3. The van der Waals surface area contributed by atoms with Crippen LogP contribution in [0.15, 0.2) is 10.7 Å². The highest BCUT2D eigenvalue weighted by atomic mass is 79.9. The molecule has 0 aromatic carbocycles. The minimum atomic E-state index is 0.324. The Balaban J connectivity index is 2.03. The van der Waals surface area contributed by atoms with Crippen LogP contribution in [0, 0.1) is 5.92 Å². The van der Waals surface area contributed by atoms with Gasteiger partial charge in [-0.25, -0.2) is 4.98 Å². The maximum Gasteiger partial charge on any atom is 0.217 e. The lowest BCUT2D eigenvalue weighted by Gasteiger charge is -2.27. The largest absolute Gasteiger partial charge is 0.474 e. The fraction of sp³-hybridized carbons (Fsp3) is 0.714. The average molecular weight is 313 g/mol. The molecule has 1 aromatic rings. The van der Waals surface area contributed by atoms with Gasteiger partial charge in [0, 0.05) is 12.5 Å². The van der Waals surface area contributed by atoms with Crippen LogP contribution < -0.4 is 4.74 Å². The number of aromatic nitrogens is 2. The first-order valence-electron chi connectivity index (χ1n) is 6.87. The van der Waals surface area contributed by atoms with Crippen molar-refractivity contribution in [3.05, 3.63) is 16.5 Å². The molecule has 1 fully saturated rings. The standard InChI is InChI=1S/C14H21BrN2O/c1-3-5-13-16-12(15)9-14(17-13)18-11-7-4-6-10(2)8-11/h9-11H,3-8H2,1-2H3. The Kier molecular flexibility index (Phi) is 4.98. The highest BCUT2D eigenvalue weighted by Gasteiger charge is 2.21. The summed E-state index contributed by atoms with van der Waals surface area (Å²) in [4.78, 5) is 8.84. The summed E-state index contributed by atoms with van der Waals surface area (Å²) in [6.07, 6.45) is 7.16. The monoisotopic (exact) mass is 312 g/mol. The van der Waals surface area contributed by atoms with Gasteiger partial charge in [-0.15, -0.1) is 0 Å². The predicted molar refractivity (Wildman–Crippen MR) is 75.8 cm³/mol. The van der Waals surface area contributed by atoms with E-state index in [4.69, 9.17) is 4.74 Å². The normalized spacial score (nSPS) is 23.9. The molecule has 0 amide bonds. The molecule has 0 bridgehead atoms. The molecule has 0 aliphatic heterocycles. The summed E-state index contributed by atoms with van der Waals surface area (Å²) in [5.41, 5.74) is 0. The predicted octanol–water partition coefficient (Wildman–Crippen LogP) is 4.15. The van der Waals surface area contributed by atoms with Crippen LogP contribution in [0.25, 0.3) is 0 Å². The molecule has 2 unspecified atom stereocenters. The molecule has 3 nitrogen and oxygen atoms in total. The molecule has 2 rings (SSSR count). The Morgan fingerprint density at radius 2 is 2.22 bits per heavy atom. The third-order valence-corrected chi connectivity index (χ3v) is 3.77. The van der Waals surface area contributed by atoms with Crippen LogP contribution in [0.5, 0.6) is 5.88 Å². The molecule has 100 valence electrons. The van der Waals surface area contributed by atoms with Crippen molar-refractivity contribution in [2.45, 2.75) is 58.5 Å². The molecule has 1 heterocycles. The fourth-order valence-corrected chi connectivity index (χ4v) is 2.89. The Morgan fingerprint density at radius 1 is 1.39 bits per heavy atom. The van der Waals surface area contributed by atoms with Gasteiger partial charge in [0.25, 0.3) is 0 Å². The van der Waals surface area contributed by atoms with E-state index >= 15 is 0 Å². The minimum Gasteiger partial charge on any atom is -0.474 e. The molecule has 1 aliphatic carbocycles. The van der Waals surface area contributed by atoms with Gasteiger partial charge in [-0.1, -0.05) is 20.3 Å². The van der Waals surface area contributed by atoms with E-state index < -0.39 is 0 Å². The Hall–Kier alpha value is -0.640. The molecule has 0 spiro atoms. The van der Waals surface area contributed by atoms with E-state index in [1.165, 1.54) is 12.8 Å². The summed E-state index contributed by atoms with van der Waals surface area (Å²) >= 11 is 3.43. The molecular weight excluding hydrogens is 292 g/mol. The van der Waals surface area contributed by atoms with Crippen molar-refractivity contribution in [2.24, 2.45) is 5.92 Å². The average Bonchev–Trinajstić information content (AvgIpc) is 2.28. The van der Waals surface area contributed by atoms with E-state index in [0.29, 0.717) is 6.10 Å². The summed E-state index contributed by atoms with van der Waals surface area (Å²) in [7, 11) is 0. The van der Waals surface area contributed by atoms with Gasteiger partial charge >= 0.3 is 0 Å². The van der Waals surface area contributed by atoms with E-state index in [2.05, 4.69) is 39.7 Å². The second-order valence-electron chi connectivity index (χ2n) is 5.21. The maximum absolute atomic E-state index is 6.01. The minimum absolute atomic E-state index is 0.324. The van der Waals surface area contributed by atoms with Crippen molar-refractivity contribution in [3.63, 3.8) is 0 Å². The van der Waals surface area contributed by atoms with E-state index in [-0.39, 0.29) is 0 Å². The maximum atomic E-state index is 6.01. The van der Waals surface area contributed by atoms with Gasteiger partial charge in [0.05, 0.1) is 0 Å². The van der Waals surface area contributed by atoms with Crippen molar-refractivity contribution >= 4 is 15.9 Å². The Morgan fingerprint density at radius 3 is 2.94 bits per heavy atom. The van der Waals surface area contributed by atoms with Crippen LogP contribution in [0.4, 0.5) is 0 Å². The second kappa shape index (κ2) is 6.50. The molecule has 0 radical (unpaired) electrons. The number of aryl methyl sites for hydroxylation is 1. The molecular formula is C14H21BrN2O. The number of nitrogens with zero attached hydrogens (tertiary/aromatic N) is 2.